The maximum Gasteiger partial charge on any atom is 0.231 e. The number of aliphatic hydroxyl groups is 1. The number of rotatable bonds is 0. The smallest absolute Gasteiger partial charge is 0.231 e. The molecule has 5 heteroatoms. The van der Waals surface area contributed by atoms with E-state index in [0.29, 0.717) is 18.8 Å². The minimum absolute atomic E-state index is 0. The van der Waals surface area contributed by atoms with E-state index in [1.165, 1.54) is 30.5 Å². The highest BCUT2D eigenvalue weighted by atomic mass is 35.5. The first kappa shape index (κ1) is 15.6. The third kappa shape index (κ3) is 2.51. The molecule has 0 aromatic heterocycles. The van der Waals surface area contributed by atoms with Gasteiger partial charge < -0.3 is 14.6 Å². The summed E-state index contributed by atoms with van der Waals surface area (Å²) < 4.78 is 11.1. The molecule has 4 aliphatic rings. The molecule has 1 saturated heterocycles. The summed E-state index contributed by atoms with van der Waals surface area (Å²) in [6, 6.07) is 4.91. The van der Waals surface area contributed by atoms with Crippen molar-refractivity contribution in [1.82, 2.24) is 4.90 Å². The summed E-state index contributed by atoms with van der Waals surface area (Å²) in [5, 5.41) is 10.0. The summed E-state index contributed by atoms with van der Waals surface area (Å²) in [5.41, 5.74) is 2.87. The predicted octanol–water partition coefficient (Wildman–Crippen LogP) is 2.92. The molecule has 4 nitrogen and oxygen atoms in total. The molecule has 23 heavy (non-hydrogen) atoms. The first-order valence-electron chi connectivity index (χ1n) is 8.62. The average molecular weight is 338 g/mol. The number of piperidine rings is 1. The molecule has 1 aliphatic carbocycles. The van der Waals surface area contributed by atoms with Crippen molar-refractivity contribution in [2.24, 2.45) is 11.8 Å². The average Bonchev–Trinajstić information content (AvgIpc) is 2.98. The van der Waals surface area contributed by atoms with Gasteiger partial charge in [0.1, 0.15) is 0 Å². The van der Waals surface area contributed by atoms with Crippen molar-refractivity contribution in [3.8, 4) is 11.5 Å². The van der Waals surface area contributed by atoms with Crippen LogP contribution in [-0.2, 0) is 6.42 Å². The van der Waals surface area contributed by atoms with E-state index in [4.69, 9.17) is 9.47 Å². The second-order valence-corrected chi connectivity index (χ2v) is 7.39. The quantitative estimate of drug-likeness (QED) is 0.790. The third-order valence-electron chi connectivity index (χ3n) is 6.21. The lowest BCUT2D eigenvalue weighted by Gasteiger charge is -2.49. The van der Waals surface area contributed by atoms with Gasteiger partial charge in [-0.05, 0) is 67.2 Å². The molecular formula is C18H24ClNO3. The molecule has 1 saturated carbocycles. The van der Waals surface area contributed by atoms with Crippen molar-refractivity contribution < 1.29 is 14.6 Å². The van der Waals surface area contributed by atoms with Crippen molar-refractivity contribution in [2.45, 2.75) is 44.2 Å². The van der Waals surface area contributed by atoms with Crippen LogP contribution in [0.3, 0.4) is 0 Å². The SMILES string of the molecule is Cl.O[C@@H]1CC[C@H]2CN3CCc4cc5c(cc4[C@H]3C[C@H]2C1)OCO5. The highest BCUT2D eigenvalue weighted by Gasteiger charge is 2.41. The van der Waals surface area contributed by atoms with Gasteiger partial charge in [-0.2, -0.15) is 0 Å². The van der Waals surface area contributed by atoms with Gasteiger partial charge in [0, 0.05) is 19.1 Å². The van der Waals surface area contributed by atoms with Gasteiger partial charge in [0.2, 0.25) is 6.79 Å². The molecule has 1 aromatic rings. The predicted molar refractivity (Wildman–Crippen MR) is 89.3 cm³/mol. The number of nitrogens with zero attached hydrogens (tertiary/aromatic N) is 1. The Labute approximate surface area is 143 Å². The Morgan fingerprint density at radius 3 is 2.74 bits per heavy atom. The van der Waals surface area contributed by atoms with Crippen molar-refractivity contribution in [1.29, 1.82) is 0 Å². The zero-order valence-electron chi connectivity index (χ0n) is 13.2. The van der Waals surface area contributed by atoms with Gasteiger partial charge in [-0.3, -0.25) is 4.90 Å². The fraction of sp³-hybridized carbons (Fsp3) is 0.667. The van der Waals surface area contributed by atoms with E-state index in [1.54, 1.807) is 0 Å². The molecule has 0 unspecified atom stereocenters. The van der Waals surface area contributed by atoms with Crippen LogP contribution in [0.1, 0.15) is 42.9 Å². The molecule has 4 atom stereocenters. The minimum Gasteiger partial charge on any atom is -0.454 e. The first-order valence-corrected chi connectivity index (χ1v) is 8.62. The van der Waals surface area contributed by atoms with Crippen molar-refractivity contribution in [2.75, 3.05) is 19.9 Å². The third-order valence-corrected chi connectivity index (χ3v) is 6.21. The van der Waals surface area contributed by atoms with Crippen LogP contribution in [0.2, 0.25) is 0 Å². The van der Waals surface area contributed by atoms with Crippen molar-refractivity contribution in [3.63, 3.8) is 0 Å². The second-order valence-electron chi connectivity index (χ2n) is 7.39. The van der Waals surface area contributed by atoms with Crippen LogP contribution >= 0.6 is 12.4 Å². The lowest BCUT2D eigenvalue weighted by Crippen LogP contribution is -2.48. The van der Waals surface area contributed by atoms with E-state index in [9.17, 15) is 5.11 Å². The minimum atomic E-state index is -0.0763. The Morgan fingerprint density at radius 1 is 1.04 bits per heavy atom. The van der Waals surface area contributed by atoms with Gasteiger partial charge in [-0.15, -0.1) is 12.4 Å². The molecule has 0 radical (unpaired) electrons. The maximum atomic E-state index is 10.0. The zero-order valence-corrected chi connectivity index (χ0v) is 14.1. The summed E-state index contributed by atoms with van der Waals surface area (Å²) >= 11 is 0. The number of benzene rings is 1. The molecule has 1 N–H and O–H groups in total. The summed E-state index contributed by atoms with van der Waals surface area (Å²) in [5.74, 6) is 3.29. The van der Waals surface area contributed by atoms with Crippen molar-refractivity contribution >= 4 is 12.4 Å². The number of aliphatic hydroxyl groups excluding tert-OH is 1. The number of ether oxygens (including phenoxy) is 2. The summed E-state index contributed by atoms with van der Waals surface area (Å²) in [7, 11) is 0. The molecule has 3 aliphatic heterocycles. The van der Waals surface area contributed by atoms with Crippen LogP contribution < -0.4 is 9.47 Å². The van der Waals surface area contributed by atoms with Crippen LogP contribution in [0.5, 0.6) is 11.5 Å². The topological polar surface area (TPSA) is 41.9 Å². The molecule has 1 aromatic carbocycles. The van der Waals surface area contributed by atoms with Crippen LogP contribution in [0, 0.1) is 11.8 Å². The fourth-order valence-corrected chi connectivity index (χ4v) is 5.06. The van der Waals surface area contributed by atoms with Gasteiger partial charge in [-0.1, -0.05) is 0 Å². The van der Waals surface area contributed by atoms with E-state index in [-0.39, 0.29) is 18.5 Å². The molecule has 0 bridgehead atoms. The van der Waals surface area contributed by atoms with E-state index >= 15 is 0 Å². The molecule has 5 rings (SSSR count). The molecule has 3 heterocycles. The Morgan fingerprint density at radius 2 is 1.87 bits per heavy atom. The highest BCUT2D eigenvalue weighted by molar-refractivity contribution is 5.85. The molecule has 0 amide bonds. The van der Waals surface area contributed by atoms with Gasteiger partial charge >= 0.3 is 0 Å². The molecule has 2 fully saturated rings. The number of halogens is 1. The Kier molecular flexibility index (Phi) is 3.94. The highest BCUT2D eigenvalue weighted by Crippen LogP contribution is 2.48. The number of fused-ring (bicyclic) bond motifs is 5. The van der Waals surface area contributed by atoms with Crippen LogP contribution in [0.4, 0.5) is 0 Å². The summed E-state index contributed by atoms with van der Waals surface area (Å²) in [6.07, 6.45) is 5.41. The largest absolute Gasteiger partial charge is 0.454 e. The summed E-state index contributed by atoms with van der Waals surface area (Å²) in [4.78, 5) is 2.67. The number of hydrogen-bond donors (Lipinski definition) is 1. The van der Waals surface area contributed by atoms with E-state index < -0.39 is 0 Å². The van der Waals surface area contributed by atoms with Crippen LogP contribution in [-0.4, -0.2) is 36.0 Å². The van der Waals surface area contributed by atoms with Crippen molar-refractivity contribution in [3.05, 3.63) is 23.3 Å². The van der Waals surface area contributed by atoms with E-state index in [1.807, 2.05) is 0 Å². The first-order chi connectivity index (χ1) is 10.8. The normalized spacial score (nSPS) is 34.8. The van der Waals surface area contributed by atoms with Gasteiger partial charge in [0.05, 0.1) is 6.10 Å². The Hall–Kier alpha value is -0.970. The fourth-order valence-electron chi connectivity index (χ4n) is 5.06. The lowest BCUT2D eigenvalue weighted by atomic mass is 9.69. The molecule has 0 spiro atoms. The lowest BCUT2D eigenvalue weighted by molar-refractivity contribution is -0.00983. The Bertz CT molecular complexity index is 608. The van der Waals surface area contributed by atoms with Gasteiger partial charge in [0.15, 0.2) is 11.5 Å². The van der Waals surface area contributed by atoms with Crippen LogP contribution in [0.15, 0.2) is 12.1 Å². The van der Waals surface area contributed by atoms with Gasteiger partial charge in [-0.25, -0.2) is 0 Å². The maximum absolute atomic E-state index is 10.0. The monoisotopic (exact) mass is 337 g/mol. The Balaban J connectivity index is 0.00000135. The van der Waals surface area contributed by atoms with Gasteiger partial charge in [0.25, 0.3) is 0 Å². The second kappa shape index (κ2) is 5.83. The molecule has 126 valence electrons. The molecular weight excluding hydrogens is 314 g/mol. The van der Waals surface area contributed by atoms with E-state index in [2.05, 4.69) is 17.0 Å². The van der Waals surface area contributed by atoms with Crippen LogP contribution in [0.25, 0.3) is 0 Å². The zero-order chi connectivity index (χ0) is 14.7. The summed E-state index contributed by atoms with van der Waals surface area (Å²) in [6.45, 7) is 2.71. The number of hydrogen-bond acceptors (Lipinski definition) is 4. The standard InChI is InChI=1S/C18H23NO3.ClH/c20-14-2-1-12-9-19-4-3-11-7-17-18(22-10-21-17)8-15(11)16(19)6-13(12)5-14;/h7-8,12-14,16,20H,1-6,9-10H2;1H/t12-,13+,14+,16+;/m0./s1. The van der Waals surface area contributed by atoms with E-state index in [0.717, 1.165) is 43.2 Å².